The summed E-state index contributed by atoms with van der Waals surface area (Å²) in [5, 5.41) is -0.139. The Morgan fingerprint density at radius 2 is 1.86 bits per heavy atom. The Hall–Kier alpha value is -0.240. The molecule has 0 radical (unpaired) electrons. The maximum absolute atomic E-state index is 9.31. The van der Waals surface area contributed by atoms with Gasteiger partial charge in [-0.2, -0.15) is 0 Å². The molecule has 0 aliphatic heterocycles. The molecule has 0 saturated carbocycles. The Morgan fingerprint density at radius 3 is 1.86 bits per heavy atom. The van der Waals surface area contributed by atoms with Crippen molar-refractivity contribution in [1.29, 1.82) is 0 Å². The molecule has 2 heteroatoms. The van der Waals surface area contributed by atoms with Gasteiger partial charge in [-0.05, 0) is 6.92 Å². The molecule has 1 nitrogen and oxygen atoms in total. The first-order valence-electron chi connectivity index (χ1n) is 1.91. The van der Waals surface area contributed by atoms with Gasteiger partial charge in [-0.1, -0.05) is 6.08 Å². The second-order valence-electron chi connectivity index (χ2n) is 0.927. The molecule has 0 aliphatic carbocycles. The molecule has 0 rings (SSSR count). The molecule has 0 saturated heterocycles. The summed E-state index contributed by atoms with van der Waals surface area (Å²) < 4.78 is 0. The van der Waals surface area contributed by atoms with E-state index in [1.165, 1.54) is 6.92 Å². The highest BCUT2D eigenvalue weighted by Crippen LogP contribution is 1.66. The lowest BCUT2D eigenvalue weighted by atomic mass is 10.8. The van der Waals surface area contributed by atoms with Gasteiger partial charge in [0.2, 0.25) is 0 Å². The highest BCUT2D eigenvalue weighted by Gasteiger charge is 1.63. The summed E-state index contributed by atoms with van der Waals surface area (Å²) in [6.07, 6.45) is 1.75. The predicted molar refractivity (Wildman–Crippen MR) is 35.5 cm³/mol. The summed E-state index contributed by atoms with van der Waals surface area (Å²) in [4.78, 5) is 9.31. The average Bonchev–Trinajstić information content (AvgIpc) is 1.33. The van der Waals surface area contributed by atoms with Gasteiger partial charge in [0.25, 0.3) is 0 Å². The third kappa shape index (κ3) is 1410. The van der Waals surface area contributed by atoms with Crippen molar-refractivity contribution < 1.29 is 4.79 Å². The lowest BCUT2D eigenvalue weighted by molar-refractivity contribution is -0.108. The van der Waals surface area contributed by atoms with Gasteiger partial charge in [0.05, 0.1) is 0 Å². The maximum atomic E-state index is 9.31. The Labute approximate surface area is 49.8 Å². The zero-order valence-corrected chi connectivity index (χ0v) is 5.53. The predicted octanol–water partition coefficient (Wildman–Crippen LogP) is 1.66. The van der Waals surface area contributed by atoms with Crippen molar-refractivity contribution in [2.45, 2.75) is 13.8 Å². The van der Waals surface area contributed by atoms with Gasteiger partial charge in [0, 0.05) is 6.92 Å². The topological polar surface area (TPSA) is 17.1 Å². The summed E-state index contributed by atoms with van der Waals surface area (Å²) in [6, 6.07) is 0. The Morgan fingerprint density at radius 1 is 1.86 bits per heavy atom. The van der Waals surface area contributed by atoms with Gasteiger partial charge in [0.15, 0.2) is 5.12 Å². The summed E-state index contributed by atoms with van der Waals surface area (Å²) >= 11 is 3.33. The van der Waals surface area contributed by atoms with E-state index in [-0.39, 0.29) is 5.12 Å². The standard InChI is InChI=1S/C3H6.C2H4OS/c1-3-2;1-2(3)4/h3H,1H2,2H3;1H3,(H,3,4). The fraction of sp³-hybridized carbons (Fsp3) is 0.400. The summed E-state index contributed by atoms with van der Waals surface area (Å²) in [6.45, 7) is 6.64. The van der Waals surface area contributed by atoms with E-state index in [1.54, 1.807) is 6.08 Å². The van der Waals surface area contributed by atoms with E-state index in [0.29, 0.717) is 0 Å². The summed E-state index contributed by atoms with van der Waals surface area (Å²) in [5.41, 5.74) is 0. The molecule has 0 amide bonds. The third-order valence-electron chi connectivity index (χ3n) is 0. The number of carbonyl (C=O) groups excluding carboxylic acids is 1. The minimum absolute atomic E-state index is 0.139. The number of hydrogen-bond donors (Lipinski definition) is 1. The zero-order valence-electron chi connectivity index (χ0n) is 4.64. The Bertz CT molecular complexity index is 55.1. The monoisotopic (exact) mass is 118 g/mol. The molecule has 0 aromatic heterocycles. The second-order valence-corrected chi connectivity index (χ2v) is 1.56. The average molecular weight is 118 g/mol. The Kier molecular flexibility index (Phi) is 13.1. The maximum Gasteiger partial charge on any atom is 0.182 e. The molecule has 0 aromatic carbocycles. The largest absolute Gasteiger partial charge is 0.288 e. The summed E-state index contributed by atoms with van der Waals surface area (Å²) in [5.74, 6) is 0. The van der Waals surface area contributed by atoms with E-state index >= 15 is 0 Å². The Balaban J connectivity index is 0. The van der Waals surface area contributed by atoms with Crippen LogP contribution in [0, 0.1) is 0 Å². The molecule has 7 heavy (non-hydrogen) atoms. The van der Waals surface area contributed by atoms with Gasteiger partial charge >= 0.3 is 0 Å². The van der Waals surface area contributed by atoms with Crippen molar-refractivity contribution in [3.63, 3.8) is 0 Å². The minimum atomic E-state index is -0.139. The first kappa shape index (κ1) is 9.90. The van der Waals surface area contributed by atoms with Crippen molar-refractivity contribution in [3.8, 4) is 0 Å². The second kappa shape index (κ2) is 9.23. The fourth-order valence-corrected chi connectivity index (χ4v) is 0. The van der Waals surface area contributed by atoms with Crippen molar-refractivity contribution in [2.75, 3.05) is 0 Å². The highest BCUT2D eigenvalue weighted by molar-refractivity contribution is 7.96. The number of thiol groups is 1. The zero-order chi connectivity index (χ0) is 6.28. The van der Waals surface area contributed by atoms with Crippen molar-refractivity contribution in [3.05, 3.63) is 12.7 Å². The van der Waals surface area contributed by atoms with E-state index in [1.807, 2.05) is 6.92 Å². The quantitative estimate of drug-likeness (QED) is 0.378. The van der Waals surface area contributed by atoms with E-state index in [4.69, 9.17) is 0 Å². The first-order valence-corrected chi connectivity index (χ1v) is 2.36. The fourth-order valence-electron chi connectivity index (χ4n) is 0. The molecular weight excluding hydrogens is 108 g/mol. The van der Waals surface area contributed by atoms with Crippen LogP contribution in [-0.4, -0.2) is 5.12 Å². The molecule has 42 valence electrons. The molecule has 0 aromatic rings. The van der Waals surface area contributed by atoms with Crippen LogP contribution in [0.1, 0.15) is 13.8 Å². The van der Waals surface area contributed by atoms with Gasteiger partial charge in [-0.3, -0.25) is 4.79 Å². The number of carbonyl (C=O) groups is 1. The molecule has 0 N–H and O–H groups in total. The SMILES string of the molecule is C=CC.CC(=O)S. The third-order valence-corrected chi connectivity index (χ3v) is 0. The molecule has 0 atom stereocenters. The number of rotatable bonds is 0. The summed E-state index contributed by atoms with van der Waals surface area (Å²) in [7, 11) is 0. The van der Waals surface area contributed by atoms with Crippen LogP contribution in [0.5, 0.6) is 0 Å². The molecule has 0 bridgehead atoms. The molecular formula is C5H10OS. The van der Waals surface area contributed by atoms with Gasteiger partial charge < -0.3 is 0 Å². The lowest BCUT2D eigenvalue weighted by Crippen LogP contribution is -1.62. The smallest absolute Gasteiger partial charge is 0.182 e. The molecule has 0 fully saturated rings. The molecule has 0 unspecified atom stereocenters. The highest BCUT2D eigenvalue weighted by atomic mass is 32.1. The van der Waals surface area contributed by atoms with Crippen LogP contribution in [0.15, 0.2) is 12.7 Å². The van der Waals surface area contributed by atoms with Crippen LogP contribution in [0.2, 0.25) is 0 Å². The molecule has 0 aliphatic rings. The van der Waals surface area contributed by atoms with Crippen LogP contribution < -0.4 is 0 Å². The van der Waals surface area contributed by atoms with Crippen molar-refractivity contribution in [2.24, 2.45) is 0 Å². The van der Waals surface area contributed by atoms with E-state index in [0.717, 1.165) is 0 Å². The minimum Gasteiger partial charge on any atom is -0.288 e. The van der Waals surface area contributed by atoms with Crippen molar-refractivity contribution >= 4 is 17.7 Å². The van der Waals surface area contributed by atoms with Crippen molar-refractivity contribution in [1.82, 2.24) is 0 Å². The van der Waals surface area contributed by atoms with Gasteiger partial charge in [-0.15, -0.1) is 19.2 Å². The van der Waals surface area contributed by atoms with Crippen LogP contribution in [-0.2, 0) is 4.79 Å². The normalized spacial score (nSPS) is 5.57. The van der Waals surface area contributed by atoms with Crippen LogP contribution >= 0.6 is 12.6 Å². The van der Waals surface area contributed by atoms with Gasteiger partial charge in [0.1, 0.15) is 0 Å². The molecule has 0 heterocycles. The first-order chi connectivity index (χ1) is 3.15. The van der Waals surface area contributed by atoms with Crippen LogP contribution in [0.3, 0.4) is 0 Å². The molecule has 0 spiro atoms. The number of hydrogen-bond acceptors (Lipinski definition) is 1. The number of allylic oxidation sites excluding steroid dienone is 1. The van der Waals surface area contributed by atoms with Gasteiger partial charge in [-0.25, -0.2) is 0 Å². The van der Waals surface area contributed by atoms with E-state index in [2.05, 4.69) is 19.2 Å². The van der Waals surface area contributed by atoms with Crippen LogP contribution in [0.4, 0.5) is 0 Å². The lowest BCUT2D eigenvalue weighted by Gasteiger charge is -1.55. The van der Waals surface area contributed by atoms with E-state index in [9.17, 15) is 4.79 Å². The van der Waals surface area contributed by atoms with Crippen LogP contribution in [0.25, 0.3) is 0 Å². The van der Waals surface area contributed by atoms with E-state index < -0.39 is 0 Å².